The number of hydrogen-bond donors (Lipinski definition) is 1. The van der Waals surface area contributed by atoms with Crippen molar-refractivity contribution in [2.24, 2.45) is 13.0 Å². The van der Waals surface area contributed by atoms with Crippen LogP contribution in [0.4, 0.5) is 0 Å². The summed E-state index contributed by atoms with van der Waals surface area (Å²) in [5.74, 6) is 0.861. The van der Waals surface area contributed by atoms with E-state index in [0.29, 0.717) is 12.1 Å². The Hall–Kier alpha value is -0.830. The molecule has 2 atom stereocenters. The van der Waals surface area contributed by atoms with Gasteiger partial charge in [-0.2, -0.15) is 5.10 Å². The molecule has 17 heavy (non-hydrogen) atoms. The summed E-state index contributed by atoms with van der Waals surface area (Å²) in [5.41, 5.74) is 1.27. The highest BCUT2D eigenvalue weighted by Gasteiger charge is 2.22. The normalized spacial score (nSPS) is 21.4. The summed E-state index contributed by atoms with van der Waals surface area (Å²) in [6.07, 6.45) is 8.92. The molecule has 2 rings (SSSR count). The average molecular weight is 235 g/mol. The van der Waals surface area contributed by atoms with Crippen molar-refractivity contribution in [2.75, 3.05) is 0 Å². The van der Waals surface area contributed by atoms with Crippen molar-refractivity contribution in [1.29, 1.82) is 0 Å². The van der Waals surface area contributed by atoms with Gasteiger partial charge in [0.05, 0.1) is 5.69 Å². The molecule has 1 aromatic heterocycles. The summed E-state index contributed by atoms with van der Waals surface area (Å²) < 4.78 is 1.96. The van der Waals surface area contributed by atoms with E-state index in [1.165, 1.54) is 37.8 Å². The lowest BCUT2D eigenvalue weighted by molar-refractivity contribution is 0.266. The van der Waals surface area contributed by atoms with E-state index in [2.05, 4.69) is 30.3 Å². The molecule has 1 fully saturated rings. The van der Waals surface area contributed by atoms with Gasteiger partial charge < -0.3 is 5.32 Å². The Kier molecular flexibility index (Phi) is 4.21. The first-order valence-electron chi connectivity index (χ1n) is 6.92. The fourth-order valence-corrected chi connectivity index (χ4v) is 3.06. The van der Waals surface area contributed by atoms with E-state index in [4.69, 9.17) is 0 Å². The molecule has 0 bridgehead atoms. The highest BCUT2D eigenvalue weighted by Crippen LogP contribution is 2.27. The van der Waals surface area contributed by atoms with Crippen molar-refractivity contribution in [2.45, 2.75) is 58.0 Å². The number of rotatable bonds is 4. The van der Waals surface area contributed by atoms with Gasteiger partial charge in [-0.15, -0.1) is 0 Å². The highest BCUT2D eigenvalue weighted by atomic mass is 15.3. The molecule has 0 aromatic carbocycles. The third kappa shape index (κ3) is 3.09. The van der Waals surface area contributed by atoms with Crippen LogP contribution in [-0.4, -0.2) is 15.8 Å². The number of aryl methyl sites for hydroxylation is 1. The molecule has 0 spiro atoms. The maximum absolute atomic E-state index is 4.23. The number of hydrogen-bond acceptors (Lipinski definition) is 2. The molecule has 1 aliphatic carbocycles. The van der Waals surface area contributed by atoms with Gasteiger partial charge in [0.1, 0.15) is 0 Å². The molecule has 0 saturated heterocycles. The first-order chi connectivity index (χ1) is 8.18. The Bertz CT molecular complexity index is 339. The second-order valence-corrected chi connectivity index (χ2v) is 5.45. The Labute approximate surface area is 105 Å². The monoisotopic (exact) mass is 235 g/mol. The Balaban J connectivity index is 1.89. The Morgan fingerprint density at radius 3 is 2.59 bits per heavy atom. The fraction of sp³-hybridized carbons (Fsp3) is 0.786. The molecule has 1 N–H and O–H groups in total. The van der Waals surface area contributed by atoms with Crippen molar-refractivity contribution >= 4 is 0 Å². The molecule has 3 nitrogen and oxygen atoms in total. The van der Waals surface area contributed by atoms with Gasteiger partial charge in [0.25, 0.3) is 0 Å². The van der Waals surface area contributed by atoms with Crippen LogP contribution in [0.1, 0.15) is 57.7 Å². The lowest BCUT2D eigenvalue weighted by atomic mass is 9.84. The fourth-order valence-electron chi connectivity index (χ4n) is 3.06. The Morgan fingerprint density at radius 2 is 2.00 bits per heavy atom. The second kappa shape index (κ2) is 5.67. The molecule has 3 heteroatoms. The van der Waals surface area contributed by atoms with Crippen molar-refractivity contribution in [1.82, 2.24) is 15.1 Å². The van der Waals surface area contributed by atoms with Gasteiger partial charge in [-0.05, 0) is 38.7 Å². The van der Waals surface area contributed by atoms with Gasteiger partial charge in [0, 0.05) is 25.3 Å². The van der Waals surface area contributed by atoms with Crippen LogP contribution in [0.5, 0.6) is 0 Å². The van der Waals surface area contributed by atoms with Crippen LogP contribution in [0.15, 0.2) is 12.3 Å². The smallest absolute Gasteiger partial charge is 0.0547 e. The number of nitrogens with one attached hydrogen (secondary N) is 1. The minimum Gasteiger partial charge on any atom is -0.306 e. The zero-order valence-corrected chi connectivity index (χ0v) is 11.3. The zero-order valence-electron chi connectivity index (χ0n) is 11.3. The highest BCUT2D eigenvalue weighted by molar-refractivity contribution is 5.05. The molecule has 96 valence electrons. The number of nitrogens with zero attached hydrogens (tertiary/aromatic N) is 2. The molecule has 1 saturated carbocycles. The third-order valence-corrected chi connectivity index (χ3v) is 4.17. The molecule has 0 radical (unpaired) electrons. The van der Waals surface area contributed by atoms with E-state index in [1.807, 2.05) is 17.9 Å². The van der Waals surface area contributed by atoms with E-state index >= 15 is 0 Å². The van der Waals surface area contributed by atoms with Crippen LogP contribution in [0.3, 0.4) is 0 Å². The summed E-state index contributed by atoms with van der Waals surface area (Å²) in [6.45, 7) is 4.57. The van der Waals surface area contributed by atoms with Crippen LogP contribution in [0, 0.1) is 5.92 Å². The Morgan fingerprint density at radius 1 is 1.29 bits per heavy atom. The molecular formula is C14H25N3. The van der Waals surface area contributed by atoms with Crippen molar-refractivity contribution in [3.8, 4) is 0 Å². The summed E-state index contributed by atoms with van der Waals surface area (Å²) in [7, 11) is 2.01. The van der Waals surface area contributed by atoms with Gasteiger partial charge in [-0.3, -0.25) is 4.68 Å². The van der Waals surface area contributed by atoms with E-state index in [9.17, 15) is 0 Å². The molecule has 0 amide bonds. The first-order valence-corrected chi connectivity index (χ1v) is 6.92. The second-order valence-electron chi connectivity index (χ2n) is 5.45. The third-order valence-electron chi connectivity index (χ3n) is 4.17. The molecule has 1 unspecified atom stereocenters. The van der Waals surface area contributed by atoms with Gasteiger partial charge in [-0.1, -0.05) is 19.3 Å². The maximum Gasteiger partial charge on any atom is 0.0547 e. The van der Waals surface area contributed by atoms with Crippen LogP contribution in [0.2, 0.25) is 0 Å². The maximum atomic E-state index is 4.23. The van der Waals surface area contributed by atoms with Gasteiger partial charge in [0.2, 0.25) is 0 Å². The summed E-state index contributed by atoms with van der Waals surface area (Å²) in [6, 6.07) is 3.10. The SMILES string of the molecule is CC(N[C@H](C)C1CCCCC1)c1ccnn1C. The van der Waals surface area contributed by atoms with E-state index in [1.54, 1.807) is 0 Å². The van der Waals surface area contributed by atoms with Gasteiger partial charge in [0.15, 0.2) is 0 Å². The summed E-state index contributed by atoms with van der Waals surface area (Å²) in [4.78, 5) is 0. The summed E-state index contributed by atoms with van der Waals surface area (Å²) in [5, 5.41) is 7.97. The van der Waals surface area contributed by atoms with E-state index < -0.39 is 0 Å². The molecular weight excluding hydrogens is 210 g/mol. The van der Waals surface area contributed by atoms with Crippen molar-refractivity contribution in [3.05, 3.63) is 18.0 Å². The van der Waals surface area contributed by atoms with Gasteiger partial charge >= 0.3 is 0 Å². The van der Waals surface area contributed by atoms with E-state index in [0.717, 1.165) is 5.92 Å². The standard InChI is InChI=1S/C14H25N3/c1-11(13-7-5-4-6-8-13)16-12(2)14-9-10-15-17(14)3/h9-13,16H,4-8H2,1-3H3/t11-,12?/m1/s1. The first kappa shape index (κ1) is 12.6. The topological polar surface area (TPSA) is 29.9 Å². The van der Waals surface area contributed by atoms with E-state index in [-0.39, 0.29) is 0 Å². The summed E-state index contributed by atoms with van der Waals surface area (Å²) >= 11 is 0. The van der Waals surface area contributed by atoms with Crippen LogP contribution < -0.4 is 5.32 Å². The van der Waals surface area contributed by atoms with Crippen LogP contribution in [0.25, 0.3) is 0 Å². The predicted octanol–water partition coefficient (Wildman–Crippen LogP) is 3.04. The molecule has 1 heterocycles. The zero-order chi connectivity index (χ0) is 12.3. The number of aromatic nitrogens is 2. The molecule has 0 aliphatic heterocycles. The predicted molar refractivity (Wildman–Crippen MR) is 70.8 cm³/mol. The molecule has 1 aromatic rings. The largest absolute Gasteiger partial charge is 0.306 e. The lowest BCUT2D eigenvalue weighted by Crippen LogP contribution is -2.36. The van der Waals surface area contributed by atoms with Gasteiger partial charge in [-0.25, -0.2) is 0 Å². The van der Waals surface area contributed by atoms with Crippen LogP contribution in [-0.2, 0) is 7.05 Å². The van der Waals surface area contributed by atoms with Crippen LogP contribution >= 0.6 is 0 Å². The lowest BCUT2D eigenvalue weighted by Gasteiger charge is -2.30. The quantitative estimate of drug-likeness (QED) is 0.869. The minimum absolute atomic E-state index is 0.388. The van der Waals surface area contributed by atoms with Crippen molar-refractivity contribution in [3.63, 3.8) is 0 Å². The van der Waals surface area contributed by atoms with Crippen molar-refractivity contribution < 1.29 is 0 Å². The average Bonchev–Trinajstić information content (AvgIpc) is 2.76. The minimum atomic E-state index is 0.388. The molecule has 1 aliphatic rings.